The van der Waals surface area contributed by atoms with Crippen molar-refractivity contribution >= 4 is 23.5 Å². The molecular formula is C17H28N2S2. The summed E-state index contributed by atoms with van der Waals surface area (Å²) in [6, 6.07) is 2.35. The highest BCUT2D eigenvalue weighted by atomic mass is 32.2. The smallest absolute Gasteiger partial charge is 0.0417 e. The van der Waals surface area contributed by atoms with Crippen molar-refractivity contribution in [2.75, 3.05) is 7.05 Å². The molecule has 6 atom stereocenters. The molecule has 2 saturated carbocycles. The first kappa shape index (κ1) is 14.8. The van der Waals surface area contributed by atoms with Crippen molar-refractivity contribution in [2.24, 2.45) is 0 Å². The van der Waals surface area contributed by atoms with Crippen LogP contribution in [0.2, 0.25) is 0 Å². The summed E-state index contributed by atoms with van der Waals surface area (Å²) in [7, 11) is 2.33. The van der Waals surface area contributed by atoms with Gasteiger partial charge >= 0.3 is 0 Å². The fourth-order valence-corrected chi connectivity index (χ4v) is 8.04. The van der Waals surface area contributed by atoms with Crippen LogP contribution < -0.4 is 5.32 Å². The van der Waals surface area contributed by atoms with Gasteiger partial charge in [0.25, 0.3) is 0 Å². The zero-order valence-electron chi connectivity index (χ0n) is 13.3. The van der Waals surface area contributed by atoms with Gasteiger partial charge in [-0.25, -0.2) is 0 Å². The molecule has 0 spiro atoms. The topological polar surface area (TPSA) is 15.3 Å². The maximum atomic E-state index is 4.06. The second-order valence-electron chi connectivity index (χ2n) is 7.16. The van der Waals surface area contributed by atoms with Gasteiger partial charge in [-0.2, -0.15) is 11.8 Å². The minimum atomic E-state index is 0.769. The Morgan fingerprint density at radius 3 is 2.86 bits per heavy atom. The first-order valence-electron chi connectivity index (χ1n) is 8.75. The number of nitrogens with zero attached hydrogens (tertiary/aromatic N) is 1. The summed E-state index contributed by atoms with van der Waals surface area (Å²) in [5.74, 6) is 0. The van der Waals surface area contributed by atoms with Crippen molar-refractivity contribution in [3.05, 3.63) is 11.1 Å². The molecule has 118 valence electrons. The molecule has 2 aliphatic carbocycles. The lowest BCUT2D eigenvalue weighted by atomic mass is 9.86. The van der Waals surface area contributed by atoms with Gasteiger partial charge in [0.2, 0.25) is 0 Å². The molecule has 0 radical (unpaired) electrons. The summed E-state index contributed by atoms with van der Waals surface area (Å²) in [5, 5.41) is 9.05. The van der Waals surface area contributed by atoms with Crippen LogP contribution in [0.4, 0.5) is 0 Å². The highest BCUT2D eigenvalue weighted by Gasteiger charge is 2.46. The summed E-state index contributed by atoms with van der Waals surface area (Å²) < 4.78 is 0. The predicted molar refractivity (Wildman–Crippen MR) is 94.9 cm³/mol. The van der Waals surface area contributed by atoms with E-state index in [0.29, 0.717) is 0 Å². The third-order valence-corrected chi connectivity index (χ3v) is 9.06. The molecule has 0 aromatic rings. The lowest BCUT2D eigenvalue weighted by molar-refractivity contribution is 0.197. The van der Waals surface area contributed by atoms with E-state index in [1.165, 1.54) is 44.9 Å². The van der Waals surface area contributed by atoms with Gasteiger partial charge in [-0.1, -0.05) is 19.8 Å². The van der Waals surface area contributed by atoms with E-state index in [-0.39, 0.29) is 0 Å². The van der Waals surface area contributed by atoms with Gasteiger partial charge in [-0.15, -0.1) is 11.8 Å². The van der Waals surface area contributed by atoms with Crippen molar-refractivity contribution in [1.29, 1.82) is 0 Å². The quantitative estimate of drug-likeness (QED) is 0.788. The number of fused-ring (bicyclic) bond motifs is 3. The zero-order chi connectivity index (χ0) is 14.4. The molecule has 21 heavy (non-hydrogen) atoms. The van der Waals surface area contributed by atoms with Gasteiger partial charge < -0.3 is 10.2 Å². The highest BCUT2D eigenvalue weighted by molar-refractivity contribution is 8.03. The fraction of sp³-hybridized carbons (Fsp3) is 0.882. The summed E-state index contributed by atoms with van der Waals surface area (Å²) in [5.41, 5.74) is 1.55. The molecule has 4 aliphatic rings. The minimum Gasteiger partial charge on any atom is -0.373 e. The van der Waals surface area contributed by atoms with E-state index < -0.39 is 0 Å². The Kier molecular flexibility index (Phi) is 4.23. The lowest BCUT2D eigenvalue weighted by Gasteiger charge is -2.53. The van der Waals surface area contributed by atoms with E-state index in [1.54, 1.807) is 5.70 Å². The van der Waals surface area contributed by atoms with Crippen molar-refractivity contribution < 1.29 is 0 Å². The molecule has 0 amide bonds. The lowest BCUT2D eigenvalue weighted by Crippen LogP contribution is -2.61. The molecule has 1 saturated heterocycles. The molecule has 0 bridgehead atoms. The Bertz CT molecular complexity index is 425. The normalized spacial score (nSPS) is 46.2. The maximum absolute atomic E-state index is 4.06. The van der Waals surface area contributed by atoms with Gasteiger partial charge in [-0.3, -0.25) is 0 Å². The summed E-state index contributed by atoms with van der Waals surface area (Å²) in [6.07, 6.45) is 9.70. The predicted octanol–water partition coefficient (Wildman–Crippen LogP) is 3.83. The molecule has 0 aromatic carbocycles. The fourth-order valence-electron chi connectivity index (χ4n) is 4.74. The Morgan fingerprint density at radius 2 is 2.00 bits per heavy atom. The van der Waals surface area contributed by atoms with Crippen LogP contribution in [0.1, 0.15) is 51.9 Å². The first-order valence-corrected chi connectivity index (χ1v) is 10.6. The Hall–Kier alpha value is 0.200. The molecule has 6 unspecified atom stereocenters. The average molecular weight is 325 g/mol. The van der Waals surface area contributed by atoms with Crippen LogP contribution in [0.15, 0.2) is 11.1 Å². The summed E-state index contributed by atoms with van der Waals surface area (Å²) in [6.45, 7) is 2.29. The van der Waals surface area contributed by atoms with E-state index in [4.69, 9.17) is 0 Å². The van der Waals surface area contributed by atoms with Crippen LogP contribution in [0, 0.1) is 0 Å². The molecule has 3 fully saturated rings. The standard InChI is InChI=1S/C17H28N2S2/c1-3-11-10-20-17-8-13-16(9-14(17)19(11)2)21-15-7-5-4-6-12(15)18-13/h10,12-18H,3-9H2,1-2H3. The highest BCUT2D eigenvalue weighted by Crippen LogP contribution is 2.47. The third kappa shape index (κ3) is 2.66. The van der Waals surface area contributed by atoms with Crippen molar-refractivity contribution in [3.8, 4) is 0 Å². The molecule has 1 N–H and O–H groups in total. The number of thioether (sulfide) groups is 2. The van der Waals surface area contributed by atoms with Gasteiger partial charge in [0.05, 0.1) is 0 Å². The van der Waals surface area contributed by atoms with Crippen LogP contribution in [0.5, 0.6) is 0 Å². The van der Waals surface area contributed by atoms with Gasteiger partial charge in [0.15, 0.2) is 0 Å². The van der Waals surface area contributed by atoms with Crippen LogP contribution >= 0.6 is 23.5 Å². The van der Waals surface area contributed by atoms with Gasteiger partial charge in [-0.05, 0) is 37.5 Å². The maximum Gasteiger partial charge on any atom is 0.0417 e. The van der Waals surface area contributed by atoms with Crippen molar-refractivity contribution in [2.45, 2.75) is 85.7 Å². The second kappa shape index (κ2) is 6.01. The summed E-state index contributed by atoms with van der Waals surface area (Å²) >= 11 is 4.46. The van der Waals surface area contributed by atoms with Crippen LogP contribution in [-0.4, -0.2) is 45.8 Å². The molecule has 0 aromatic heterocycles. The first-order chi connectivity index (χ1) is 10.3. The minimum absolute atomic E-state index is 0.769. The van der Waals surface area contributed by atoms with Gasteiger partial charge in [0.1, 0.15) is 0 Å². The largest absolute Gasteiger partial charge is 0.373 e. The van der Waals surface area contributed by atoms with Crippen LogP contribution in [0.3, 0.4) is 0 Å². The molecule has 4 heteroatoms. The van der Waals surface area contributed by atoms with E-state index in [0.717, 1.165) is 33.9 Å². The van der Waals surface area contributed by atoms with Crippen LogP contribution in [0.25, 0.3) is 0 Å². The van der Waals surface area contributed by atoms with E-state index in [1.807, 2.05) is 0 Å². The Balaban J connectivity index is 1.49. The van der Waals surface area contributed by atoms with Crippen molar-refractivity contribution in [3.63, 3.8) is 0 Å². The number of hydrogen-bond donors (Lipinski definition) is 1. The van der Waals surface area contributed by atoms with Crippen LogP contribution in [-0.2, 0) is 0 Å². The SMILES string of the molecule is CCC1=CSC2CC3NC4CCCCC4SC3CC2N1C. The number of nitrogens with one attached hydrogen (secondary N) is 1. The Labute approximate surface area is 137 Å². The molecule has 2 heterocycles. The molecule has 2 aliphatic heterocycles. The second-order valence-corrected chi connectivity index (χ2v) is 9.76. The average Bonchev–Trinajstić information content (AvgIpc) is 2.52. The van der Waals surface area contributed by atoms with E-state index in [2.05, 4.69) is 53.1 Å². The molecule has 2 nitrogen and oxygen atoms in total. The zero-order valence-corrected chi connectivity index (χ0v) is 14.9. The third-order valence-electron chi connectivity index (χ3n) is 6.01. The monoisotopic (exact) mass is 324 g/mol. The molecule has 4 rings (SSSR count). The van der Waals surface area contributed by atoms with Crippen molar-refractivity contribution in [1.82, 2.24) is 10.2 Å². The number of allylic oxidation sites excluding steroid dienone is 1. The summed E-state index contributed by atoms with van der Waals surface area (Å²) in [4.78, 5) is 2.60. The number of rotatable bonds is 1. The Morgan fingerprint density at radius 1 is 1.14 bits per heavy atom. The van der Waals surface area contributed by atoms with E-state index in [9.17, 15) is 0 Å². The van der Waals surface area contributed by atoms with E-state index >= 15 is 0 Å². The van der Waals surface area contributed by atoms with Gasteiger partial charge in [0, 0.05) is 46.6 Å². The molecular weight excluding hydrogens is 296 g/mol. The number of hydrogen-bond acceptors (Lipinski definition) is 4.